The Bertz CT molecular complexity index is 1770. The summed E-state index contributed by atoms with van der Waals surface area (Å²) in [6.07, 6.45) is 11.7. The van der Waals surface area contributed by atoms with E-state index in [1.807, 2.05) is 0 Å². The minimum absolute atomic E-state index is 0.118. The van der Waals surface area contributed by atoms with Crippen LogP contribution in [-0.2, 0) is 67.1 Å². The molecule has 8 fully saturated rings. The van der Waals surface area contributed by atoms with E-state index in [4.69, 9.17) is 27.1 Å². The predicted molar refractivity (Wildman–Crippen MR) is 241 cm³/mol. The molecule has 334 valence electrons. The first-order valence-electron chi connectivity index (χ1n) is 23.4. The van der Waals surface area contributed by atoms with Gasteiger partial charge in [-0.15, -0.1) is 0 Å². The molecule has 6 saturated heterocycles. The minimum Gasteiger partial charge on any atom is -0.390 e. The van der Waals surface area contributed by atoms with E-state index in [0.717, 1.165) is 110 Å². The summed E-state index contributed by atoms with van der Waals surface area (Å²) < 4.78 is 42.2. The van der Waals surface area contributed by atoms with Gasteiger partial charge in [0.1, 0.15) is 12.0 Å². The average molecular weight is 867 g/mol. The maximum atomic E-state index is 15.8. The summed E-state index contributed by atoms with van der Waals surface area (Å²) in [5.41, 5.74) is 4.64. The molecule has 8 nitrogen and oxygen atoms in total. The highest BCUT2D eigenvalue weighted by Gasteiger charge is 2.98. The molecule has 1 unspecified atom stereocenters. The second kappa shape index (κ2) is 15.0. The summed E-state index contributed by atoms with van der Waals surface area (Å²) in [5.74, 6) is -5.63. The summed E-state index contributed by atoms with van der Waals surface area (Å²) in [5, 5.41) is 27.4. The molecule has 2 aliphatic carbocycles. The lowest BCUT2D eigenvalue weighted by Crippen LogP contribution is -2.81. The third-order valence-corrected chi connectivity index (χ3v) is 17.7. The van der Waals surface area contributed by atoms with E-state index in [2.05, 4.69) is 121 Å². The molecule has 10 heteroatoms. The van der Waals surface area contributed by atoms with Crippen LogP contribution in [-0.4, -0.2) is 39.8 Å². The Morgan fingerprint density at radius 1 is 0.533 bits per heavy atom. The molecule has 60 heavy (non-hydrogen) atoms. The highest BCUT2D eigenvalue weighted by Crippen LogP contribution is 2.90. The zero-order valence-electron chi connectivity index (χ0n) is 39.4. The maximum Gasteiger partial charge on any atom is 0.341 e. The first-order chi connectivity index (χ1) is 27.9. The summed E-state index contributed by atoms with van der Waals surface area (Å²) in [7, 11) is -3.83. The molecule has 6 heterocycles. The number of benzene rings is 2. The lowest BCUT2D eigenvalue weighted by Gasteiger charge is -2.66. The van der Waals surface area contributed by atoms with E-state index in [0.29, 0.717) is 0 Å². The molecule has 10 rings (SSSR count). The summed E-state index contributed by atoms with van der Waals surface area (Å²) in [6, 6.07) is 9.68. The van der Waals surface area contributed by atoms with Crippen molar-refractivity contribution >= 4 is 17.2 Å². The predicted octanol–water partition coefficient (Wildman–Crippen LogP) is 12.9. The third kappa shape index (κ3) is 6.33. The van der Waals surface area contributed by atoms with Crippen molar-refractivity contribution in [2.45, 2.75) is 224 Å². The Balaban J connectivity index is 1.74. The molecule has 0 amide bonds. The molecule has 0 radical (unpaired) electrons. The second-order valence-electron chi connectivity index (χ2n) is 23.2. The molecule has 2 N–H and O–H groups in total. The summed E-state index contributed by atoms with van der Waals surface area (Å²) >= 11 is 0. The van der Waals surface area contributed by atoms with E-state index in [1.54, 1.807) is 0 Å². The molecule has 2 aromatic rings. The lowest BCUT2D eigenvalue weighted by atomic mass is 9.43. The molecule has 8 aliphatic rings. The summed E-state index contributed by atoms with van der Waals surface area (Å²) in [6.45, 7) is 31.8. The molecule has 2 aromatic carbocycles. The number of aliphatic hydroxyl groups is 2. The van der Waals surface area contributed by atoms with Crippen LogP contribution in [0.5, 0.6) is 0 Å². The van der Waals surface area contributed by atoms with Crippen LogP contribution in [0, 0.1) is 11.8 Å². The van der Waals surface area contributed by atoms with Crippen LogP contribution in [0.2, 0.25) is 0 Å². The van der Waals surface area contributed by atoms with Gasteiger partial charge in [0.25, 0.3) is 17.4 Å². The number of hydrogen-bond donors (Lipinski definition) is 2. The quantitative estimate of drug-likeness (QED) is 0.241. The van der Waals surface area contributed by atoms with Gasteiger partial charge in [0, 0.05) is 0 Å². The molecule has 4 bridgehead atoms. The Hall–Kier alpha value is -1.02. The first-order valence-corrected chi connectivity index (χ1v) is 25.5. The van der Waals surface area contributed by atoms with Crippen LogP contribution in [0.25, 0.3) is 0 Å². The summed E-state index contributed by atoms with van der Waals surface area (Å²) in [4.78, 5) is 0. The van der Waals surface area contributed by atoms with Gasteiger partial charge in [-0.25, -0.2) is 0 Å². The Morgan fingerprint density at radius 3 is 1.17 bits per heavy atom. The smallest absolute Gasteiger partial charge is 0.341 e. The average Bonchev–Trinajstić information content (AvgIpc) is 3.87. The second-order valence-corrected chi connectivity index (χ2v) is 25.2. The van der Waals surface area contributed by atoms with Gasteiger partial charge in [0.05, 0.1) is 5.60 Å². The molecule has 2 saturated carbocycles. The number of aliphatic hydroxyl groups excluding tert-OH is 1. The SMILES string of the molecule is CCc1cc(C(C)(C)C)c(C(c2c(C(C)(C)C)cc(CC)cc2C(C)(C)C)(C(O)(C2CCCCC2)C2CCCCC2)C23OP(OC24OP2OC4(CO)O2)O3)c(C(C)(C)C)c1. The fourth-order valence-corrected chi connectivity index (χ4v) is 15.2. The Morgan fingerprint density at radius 2 is 0.867 bits per heavy atom. The van der Waals surface area contributed by atoms with E-state index >= 15 is 5.11 Å². The topological polar surface area (TPSA) is 95.8 Å². The highest BCUT2D eigenvalue weighted by atomic mass is 31.2. The standard InChI is InChI=1S/C50H76O8P2/c1-15-32-27-36(42(3,4)5)40(37(28-32)43(6,7)8)47(48(52,34-23-19-17-20-24-34)35-25-21-18-22-26-35,41-38(44(9,10)11)29-33(16-2)30-39(41)45(12,13)14)50-49(56-60(57-50)58-50)46(31-51)53-59(54-46)55-49/h27-30,34-35,51-52H,15-26,31H2,1-14H3. The zero-order chi connectivity index (χ0) is 43.7. The van der Waals surface area contributed by atoms with Gasteiger partial charge in [0.15, 0.2) is 0 Å². The number of hydrogen-bond acceptors (Lipinski definition) is 8. The molecule has 1 atom stereocenters. The van der Waals surface area contributed by atoms with Crippen LogP contribution in [0.1, 0.15) is 206 Å². The van der Waals surface area contributed by atoms with Crippen LogP contribution in [0.3, 0.4) is 0 Å². The lowest BCUT2D eigenvalue weighted by molar-refractivity contribution is -0.382. The zero-order valence-corrected chi connectivity index (χ0v) is 41.2. The third-order valence-electron chi connectivity index (χ3n) is 15.1. The van der Waals surface area contributed by atoms with Gasteiger partial charge >= 0.3 is 17.2 Å². The van der Waals surface area contributed by atoms with Crippen LogP contribution in [0.4, 0.5) is 0 Å². The Kier molecular flexibility index (Phi) is 11.4. The molecular formula is C50H76O8P2. The fourth-order valence-electron chi connectivity index (χ4n) is 12.2. The van der Waals surface area contributed by atoms with Gasteiger partial charge in [-0.2, -0.15) is 0 Å². The molecular weight excluding hydrogens is 790 g/mol. The highest BCUT2D eigenvalue weighted by molar-refractivity contribution is 7.45. The van der Waals surface area contributed by atoms with Crippen molar-refractivity contribution in [1.82, 2.24) is 0 Å². The van der Waals surface area contributed by atoms with Crippen molar-refractivity contribution in [2.75, 3.05) is 6.61 Å². The van der Waals surface area contributed by atoms with Crippen molar-refractivity contribution in [3.05, 3.63) is 68.8 Å². The van der Waals surface area contributed by atoms with Gasteiger partial charge in [-0.05, 0) is 117 Å². The molecule has 0 aromatic heterocycles. The molecule has 6 aliphatic heterocycles. The number of aryl methyl sites for hydroxylation is 2. The van der Waals surface area contributed by atoms with Gasteiger partial charge in [0.2, 0.25) is 0 Å². The van der Waals surface area contributed by atoms with Crippen molar-refractivity contribution in [1.29, 1.82) is 0 Å². The van der Waals surface area contributed by atoms with Crippen molar-refractivity contribution in [3.63, 3.8) is 0 Å². The van der Waals surface area contributed by atoms with E-state index in [9.17, 15) is 5.11 Å². The Labute approximate surface area is 364 Å². The van der Waals surface area contributed by atoms with Gasteiger partial charge in [-0.3, -0.25) is 27.1 Å². The van der Waals surface area contributed by atoms with Crippen LogP contribution < -0.4 is 0 Å². The largest absolute Gasteiger partial charge is 0.390 e. The van der Waals surface area contributed by atoms with E-state index < -0.39 is 73.8 Å². The monoisotopic (exact) mass is 867 g/mol. The van der Waals surface area contributed by atoms with Crippen molar-refractivity contribution < 1.29 is 37.4 Å². The van der Waals surface area contributed by atoms with Crippen molar-refractivity contribution in [2.24, 2.45) is 11.8 Å². The maximum absolute atomic E-state index is 15.8. The first kappa shape index (κ1) is 45.5. The number of rotatable bonds is 9. The van der Waals surface area contributed by atoms with Gasteiger partial charge < -0.3 is 10.2 Å². The normalized spacial score (nSPS) is 30.5. The van der Waals surface area contributed by atoms with E-state index in [1.165, 1.54) is 11.1 Å². The molecule has 1 spiro atoms. The fraction of sp³-hybridized carbons (Fsp3) is 0.760. The minimum atomic E-state index is -1.96. The van der Waals surface area contributed by atoms with Gasteiger partial charge in [-0.1, -0.05) is 160 Å². The van der Waals surface area contributed by atoms with Crippen LogP contribution in [0.15, 0.2) is 24.3 Å². The van der Waals surface area contributed by atoms with Crippen molar-refractivity contribution in [3.8, 4) is 0 Å². The van der Waals surface area contributed by atoms with E-state index in [-0.39, 0.29) is 11.8 Å². The van der Waals surface area contributed by atoms with Crippen LogP contribution >= 0.6 is 17.2 Å².